The normalized spacial score (nSPS) is 11.7. The Morgan fingerprint density at radius 1 is 1.38 bits per heavy atom. The van der Waals surface area contributed by atoms with E-state index in [1.54, 1.807) is 6.07 Å². The lowest BCUT2D eigenvalue weighted by molar-refractivity contribution is 0.558. The summed E-state index contributed by atoms with van der Waals surface area (Å²) < 4.78 is 0. The predicted octanol–water partition coefficient (Wildman–Crippen LogP) is 1.13. The maximum atomic E-state index is 11.1. The Balaban J connectivity index is 3.32. The number of aromatic amines is 1. The molecule has 0 unspecified atom stereocenters. The van der Waals surface area contributed by atoms with Gasteiger partial charge in [0, 0.05) is 23.7 Å². The van der Waals surface area contributed by atoms with Crippen molar-refractivity contribution < 1.29 is 0 Å². The van der Waals surface area contributed by atoms with Gasteiger partial charge in [-0.05, 0) is 5.56 Å². The fraction of sp³-hybridized carbons (Fsp3) is 0.500. The zero-order valence-electron chi connectivity index (χ0n) is 8.35. The average Bonchev–Trinajstić information content (AvgIpc) is 2.03. The Morgan fingerprint density at radius 2 is 2.00 bits per heavy atom. The summed E-state index contributed by atoms with van der Waals surface area (Å²) in [6.45, 7) is 6.62. The standard InChI is InChI=1S/C10H16N2O/c1-10(2,3)9-7(6-11)4-5-8(13)12-9/h4-5H,6,11H2,1-3H3,(H,12,13). The number of nitrogens with one attached hydrogen (secondary N) is 1. The zero-order valence-corrected chi connectivity index (χ0v) is 8.35. The van der Waals surface area contributed by atoms with Gasteiger partial charge in [-0.15, -0.1) is 0 Å². The first kappa shape index (κ1) is 9.99. The molecule has 0 spiro atoms. The molecular weight excluding hydrogens is 164 g/mol. The lowest BCUT2D eigenvalue weighted by Crippen LogP contribution is -2.22. The Morgan fingerprint density at radius 3 is 2.46 bits per heavy atom. The van der Waals surface area contributed by atoms with E-state index in [-0.39, 0.29) is 11.0 Å². The molecule has 72 valence electrons. The molecule has 1 aromatic heterocycles. The molecule has 0 amide bonds. The first-order valence-electron chi connectivity index (χ1n) is 4.38. The lowest BCUT2D eigenvalue weighted by Gasteiger charge is -2.21. The Kier molecular flexibility index (Phi) is 2.57. The van der Waals surface area contributed by atoms with Gasteiger partial charge in [-0.25, -0.2) is 0 Å². The van der Waals surface area contributed by atoms with E-state index in [9.17, 15) is 4.79 Å². The summed E-state index contributed by atoms with van der Waals surface area (Å²) in [7, 11) is 0. The van der Waals surface area contributed by atoms with Gasteiger partial charge in [0.25, 0.3) is 0 Å². The molecule has 3 heteroatoms. The molecule has 3 N–H and O–H groups in total. The fourth-order valence-corrected chi connectivity index (χ4v) is 1.34. The van der Waals surface area contributed by atoms with E-state index in [1.165, 1.54) is 6.07 Å². The molecule has 0 aliphatic heterocycles. The molecule has 0 aliphatic rings. The van der Waals surface area contributed by atoms with Crippen molar-refractivity contribution in [1.29, 1.82) is 0 Å². The van der Waals surface area contributed by atoms with Gasteiger partial charge < -0.3 is 10.7 Å². The molecular formula is C10H16N2O. The van der Waals surface area contributed by atoms with Crippen molar-refractivity contribution in [3.8, 4) is 0 Å². The largest absolute Gasteiger partial charge is 0.326 e. The van der Waals surface area contributed by atoms with E-state index in [1.807, 2.05) is 0 Å². The van der Waals surface area contributed by atoms with Gasteiger partial charge >= 0.3 is 0 Å². The van der Waals surface area contributed by atoms with E-state index in [0.717, 1.165) is 11.3 Å². The number of nitrogens with two attached hydrogens (primary N) is 1. The highest BCUT2D eigenvalue weighted by molar-refractivity contribution is 5.25. The van der Waals surface area contributed by atoms with Crippen LogP contribution in [0.25, 0.3) is 0 Å². The highest BCUT2D eigenvalue weighted by atomic mass is 16.1. The number of hydrogen-bond donors (Lipinski definition) is 2. The third-order valence-electron chi connectivity index (χ3n) is 1.98. The first-order valence-corrected chi connectivity index (χ1v) is 4.38. The minimum atomic E-state index is -0.0675. The third kappa shape index (κ3) is 2.18. The van der Waals surface area contributed by atoms with Crippen LogP contribution in [0.2, 0.25) is 0 Å². The molecule has 13 heavy (non-hydrogen) atoms. The summed E-state index contributed by atoms with van der Waals surface area (Å²) >= 11 is 0. The minimum absolute atomic E-state index is 0.0604. The second-order valence-corrected chi connectivity index (χ2v) is 4.18. The molecule has 0 saturated heterocycles. The Hall–Kier alpha value is -1.09. The van der Waals surface area contributed by atoms with Gasteiger partial charge in [0.1, 0.15) is 0 Å². The Labute approximate surface area is 78.0 Å². The van der Waals surface area contributed by atoms with Crippen LogP contribution in [0.4, 0.5) is 0 Å². The molecule has 3 nitrogen and oxygen atoms in total. The van der Waals surface area contributed by atoms with Crippen LogP contribution in [0.1, 0.15) is 32.0 Å². The van der Waals surface area contributed by atoms with Crippen LogP contribution >= 0.6 is 0 Å². The van der Waals surface area contributed by atoms with Crippen molar-refractivity contribution in [2.75, 3.05) is 0 Å². The summed E-state index contributed by atoms with van der Waals surface area (Å²) in [5.41, 5.74) is 7.39. The van der Waals surface area contributed by atoms with E-state index in [2.05, 4.69) is 25.8 Å². The van der Waals surface area contributed by atoms with E-state index in [0.29, 0.717) is 6.54 Å². The molecule has 1 aromatic rings. The lowest BCUT2D eigenvalue weighted by atomic mass is 9.88. The van der Waals surface area contributed by atoms with Crippen molar-refractivity contribution >= 4 is 0 Å². The SMILES string of the molecule is CC(C)(C)c1[nH]c(=O)ccc1CN. The van der Waals surface area contributed by atoms with Crippen LogP contribution in [0, 0.1) is 0 Å². The molecule has 0 radical (unpaired) electrons. The summed E-state index contributed by atoms with van der Waals surface area (Å²) in [5, 5.41) is 0. The van der Waals surface area contributed by atoms with E-state index >= 15 is 0 Å². The van der Waals surface area contributed by atoms with Crippen molar-refractivity contribution in [2.24, 2.45) is 5.73 Å². The molecule has 0 fully saturated rings. The quantitative estimate of drug-likeness (QED) is 0.680. The van der Waals surface area contributed by atoms with Crippen LogP contribution in [-0.4, -0.2) is 4.98 Å². The van der Waals surface area contributed by atoms with Crippen LogP contribution in [0.15, 0.2) is 16.9 Å². The summed E-state index contributed by atoms with van der Waals surface area (Å²) in [4.78, 5) is 13.9. The van der Waals surface area contributed by atoms with Crippen molar-refractivity contribution in [3.63, 3.8) is 0 Å². The van der Waals surface area contributed by atoms with Crippen molar-refractivity contribution in [2.45, 2.75) is 32.7 Å². The van der Waals surface area contributed by atoms with Crippen molar-refractivity contribution in [1.82, 2.24) is 4.98 Å². The average molecular weight is 180 g/mol. The van der Waals surface area contributed by atoms with Gasteiger partial charge in [0.2, 0.25) is 5.56 Å². The molecule has 0 aromatic carbocycles. The van der Waals surface area contributed by atoms with Gasteiger partial charge in [-0.1, -0.05) is 26.8 Å². The van der Waals surface area contributed by atoms with Gasteiger partial charge in [0.05, 0.1) is 0 Å². The topological polar surface area (TPSA) is 58.9 Å². The molecule has 1 heterocycles. The minimum Gasteiger partial charge on any atom is -0.326 e. The third-order valence-corrected chi connectivity index (χ3v) is 1.98. The highest BCUT2D eigenvalue weighted by Gasteiger charge is 2.17. The number of pyridine rings is 1. The first-order chi connectivity index (χ1) is 5.95. The number of hydrogen-bond acceptors (Lipinski definition) is 2. The van der Waals surface area contributed by atoms with Crippen LogP contribution in [0.5, 0.6) is 0 Å². The van der Waals surface area contributed by atoms with Gasteiger partial charge in [-0.2, -0.15) is 0 Å². The van der Waals surface area contributed by atoms with Gasteiger partial charge in [0.15, 0.2) is 0 Å². The molecule has 1 rings (SSSR count). The van der Waals surface area contributed by atoms with Crippen LogP contribution in [-0.2, 0) is 12.0 Å². The zero-order chi connectivity index (χ0) is 10.1. The molecule has 0 aliphatic carbocycles. The monoisotopic (exact) mass is 180 g/mol. The summed E-state index contributed by atoms with van der Waals surface area (Å²) in [6, 6.07) is 3.30. The second-order valence-electron chi connectivity index (χ2n) is 4.18. The van der Waals surface area contributed by atoms with Crippen LogP contribution in [0.3, 0.4) is 0 Å². The van der Waals surface area contributed by atoms with Crippen molar-refractivity contribution in [3.05, 3.63) is 33.7 Å². The second kappa shape index (κ2) is 3.34. The molecule has 0 atom stereocenters. The number of rotatable bonds is 1. The number of H-pyrrole nitrogens is 1. The van der Waals surface area contributed by atoms with E-state index in [4.69, 9.17) is 5.73 Å². The Bertz CT molecular complexity index is 347. The highest BCUT2D eigenvalue weighted by Crippen LogP contribution is 2.21. The summed E-state index contributed by atoms with van der Waals surface area (Å²) in [6.07, 6.45) is 0. The summed E-state index contributed by atoms with van der Waals surface area (Å²) in [5.74, 6) is 0. The maximum Gasteiger partial charge on any atom is 0.248 e. The molecule has 0 saturated carbocycles. The predicted molar refractivity (Wildman–Crippen MR) is 53.7 cm³/mol. The molecule has 0 bridgehead atoms. The smallest absolute Gasteiger partial charge is 0.248 e. The maximum absolute atomic E-state index is 11.1. The fourth-order valence-electron chi connectivity index (χ4n) is 1.34. The van der Waals surface area contributed by atoms with Gasteiger partial charge in [-0.3, -0.25) is 4.79 Å². The van der Waals surface area contributed by atoms with E-state index < -0.39 is 0 Å². The number of aromatic nitrogens is 1. The van der Waals surface area contributed by atoms with Crippen LogP contribution < -0.4 is 11.3 Å².